The number of fused-ring (bicyclic) bond motifs is 1. The number of rotatable bonds is 4. The summed E-state index contributed by atoms with van der Waals surface area (Å²) in [5, 5.41) is 7.14. The van der Waals surface area contributed by atoms with Crippen LogP contribution in [0.1, 0.15) is 16.6 Å². The zero-order chi connectivity index (χ0) is 17.8. The molecule has 0 aliphatic carbocycles. The zero-order valence-corrected chi connectivity index (χ0v) is 15.7. The number of para-hydroxylation sites is 2. The Morgan fingerprint density at radius 2 is 1.92 bits per heavy atom. The maximum Gasteiger partial charge on any atom is 0.269 e. The van der Waals surface area contributed by atoms with Crippen molar-refractivity contribution in [2.75, 3.05) is 11.9 Å². The van der Waals surface area contributed by atoms with Crippen LogP contribution in [-0.2, 0) is 0 Å². The molecule has 0 saturated carbocycles. The van der Waals surface area contributed by atoms with E-state index >= 15 is 0 Å². The Labute approximate surface area is 159 Å². The van der Waals surface area contributed by atoms with Gasteiger partial charge in [0.1, 0.15) is 10.6 Å². The van der Waals surface area contributed by atoms with Gasteiger partial charge in [-0.2, -0.15) is 0 Å². The summed E-state index contributed by atoms with van der Waals surface area (Å²) >= 11 is 12.9. The van der Waals surface area contributed by atoms with E-state index in [9.17, 15) is 4.79 Å². The second-order valence-electron chi connectivity index (χ2n) is 5.08. The SMILES string of the molecule is CCOc1ccccc1NC(=S)NC(=O)c1sc2ccccc2c1Cl. The Bertz CT molecular complexity index is 940. The molecule has 1 aromatic heterocycles. The van der Waals surface area contributed by atoms with Crippen molar-refractivity contribution in [3.8, 4) is 5.75 Å². The van der Waals surface area contributed by atoms with Crippen LogP contribution in [0.15, 0.2) is 48.5 Å². The van der Waals surface area contributed by atoms with Crippen LogP contribution < -0.4 is 15.4 Å². The number of ether oxygens (including phenoxy) is 1. The van der Waals surface area contributed by atoms with Crippen molar-refractivity contribution in [1.29, 1.82) is 0 Å². The highest BCUT2D eigenvalue weighted by Gasteiger charge is 2.18. The molecule has 3 rings (SSSR count). The fourth-order valence-corrected chi connectivity index (χ4v) is 3.94. The topological polar surface area (TPSA) is 50.4 Å². The Morgan fingerprint density at radius 1 is 1.20 bits per heavy atom. The van der Waals surface area contributed by atoms with Crippen molar-refractivity contribution in [3.05, 3.63) is 58.4 Å². The van der Waals surface area contributed by atoms with Crippen LogP contribution in [0.25, 0.3) is 10.1 Å². The van der Waals surface area contributed by atoms with Crippen molar-refractivity contribution in [2.45, 2.75) is 6.92 Å². The van der Waals surface area contributed by atoms with Gasteiger partial charge in [-0.1, -0.05) is 41.9 Å². The normalized spacial score (nSPS) is 10.5. The standard InChI is InChI=1S/C18H15ClN2O2S2/c1-2-23-13-9-5-4-8-12(13)20-18(24)21-17(22)16-15(19)11-7-3-6-10-14(11)25-16/h3-10H,2H2,1H3,(H2,20,21,22,24). The molecule has 25 heavy (non-hydrogen) atoms. The number of halogens is 1. The van der Waals surface area contributed by atoms with Crippen LogP contribution in [0, 0.1) is 0 Å². The van der Waals surface area contributed by atoms with E-state index in [1.54, 1.807) is 0 Å². The van der Waals surface area contributed by atoms with E-state index in [1.807, 2.05) is 55.5 Å². The Kier molecular flexibility index (Phi) is 5.53. The Hall–Kier alpha value is -2.15. The van der Waals surface area contributed by atoms with Gasteiger partial charge in [0.2, 0.25) is 0 Å². The third kappa shape index (κ3) is 3.92. The largest absolute Gasteiger partial charge is 0.492 e. The summed E-state index contributed by atoms with van der Waals surface area (Å²) in [6.07, 6.45) is 0. The molecule has 0 atom stereocenters. The van der Waals surface area contributed by atoms with Crippen LogP contribution >= 0.6 is 35.2 Å². The molecule has 0 fully saturated rings. The molecule has 0 radical (unpaired) electrons. The molecule has 128 valence electrons. The molecule has 0 saturated heterocycles. The second kappa shape index (κ2) is 7.82. The molecule has 0 spiro atoms. The van der Waals surface area contributed by atoms with Gasteiger partial charge in [-0.05, 0) is 37.3 Å². The molecule has 0 unspecified atom stereocenters. The Morgan fingerprint density at radius 3 is 2.68 bits per heavy atom. The fourth-order valence-electron chi connectivity index (χ4n) is 2.32. The number of nitrogens with one attached hydrogen (secondary N) is 2. The van der Waals surface area contributed by atoms with Crippen molar-refractivity contribution >= 4 is 61.9 Å². The molecule has 1 heterocycles. The first kappa shape index (κ1) is 17.7. The van der Waals surface area contributed by atoms with Gasteiger partial charge in [-0.3, -0.25) is 10.1 Å². The number of thiophene rings is 1. The molecule has 0 aliphatic rings. The first-order valence-electron chi connectivity index (χ1n) is 7.61. The van der Waals surface area contributed by atoms with Gasteiger partial charge in [0.15, 0.2) is 5.11 Å². The first-order chi connectivity index (χ1) is 12.1. The molecule has 4 nitrogen and oxygen atoms in total. The number of thiocarbonyl (C=S) groups is 1. The van der Waals surface area contributed by atoms with Gasteiger partial charge in [-0.25, -0.2) is 0 Å². The predicted molar refractivity (Wildman–Crippen MR) is 108 cm³/mol. The molecule has 0 bridgehead atoms. The van der Waals surface area contributed by atoms with E-state index in [-0.39, 0.29) is 11.0 Å². The van der Waals surface area contributed by atoms with Gasteiger partial charge in [0, 0.05) is 10.1 Å². The van der Waals surface area contributed by atoms with Crippen molar-refractivity contribution < 1.29 is 9.53 Å². The molecular weight excluding hydrogens is 376 g/mol. The monoisotopic (exact) mass is 390 g/mol. The minimum absolute atomic E-state index is 0.186. The van der Waals surface area contributed by atoms with Crippen LogP contribution in [0.2, 0.25) is 5.02 Å². The minimum atomic E-state index is -0.336. The zero-order valence-electron chi connectivity index (χ0n) is 13.3. The highest BCUT2D eigenvalue weighted by molar-refractivity contribution is 7.80. The summed E-state index contributed by atoms with van der Waals surface area (Å²) in [6, 6.07) is 15.0. The molecule has 7 heteroatoms. The molecule has 0 aliphatic heterocycles. The quantitative estimate of drug-likeness (QED) is 0.610. The van der Waals surface area contributed by atoms with Crippen LogP contribution in [0.3, 0.4) is 0 Å². The lowest BCUT2D eigenvalue weighted by Gasteiger charge is -2.13. The number of hydrogen-bond acceptors (Lipinski definition) is 4. The number of benzene rings is 2. The number of carbonyl (C=O) groups excluding carboxylic acids is 1. The van der Waals surface area contributed by atoms with E-state index in [0.29, 0.717) is 27.9 Å². The maximum absolute atomic E-state index is 12.5. The van der Waals surface area contributed by atoms with Gasteiger partial charge in [0.05, 0.1) is 17.3 Å². The number of anilines is 1. The third-order valence-electron chi connectivity index (χ3n) is 3.40. The summed E-state index contributed by atoms with van der Waals surface area (Å²) in [6.45, 7) is 2.44. The Balaban J connectivity index is 1.74. The van der Waals surface area contributed by atoms with E-state index in [0.717, 1.165) is 10.1 Å². The van der Waals surface area contributed by atoms with E-state index in [2.05, 4.69) is 10.6 Å². The summed E-state index contributed by atoms with van der Waals surface area (Å²) in [7, 11) is 0. The summed E-state index contributed by atoms with van der Waals surface area (Å²) in [5.74, 6) is 0.332. The highest BCUT2D eigenvalue weighted by Crippen LogP contribution is 2.35. The smallest absolute Gasteiger partial charge is 0.269 e. The van der Waals surface area contributed by atoms with Gasteiger partial charge < -0.3 is 10.1 Å². The predicted octanol–water partition coefficient (Wildman–Crippen LogP) is 5.08. The maximum atomic E-state index is 12.5. The third-order valence-corrected chi connectivity index (χ3v) is 5.28. The molecule has 3 aromatic rings. The van der Waals surface area contributed by atoms with E-state index in [1.165, 1.54) is 11.3 Å². The van der Waals surface area contributed by atoms with Gasteiger partial charge in [-0.15, -0.1) is 11.3 Å². The summed E-state index contributed by atoms with van der Waals surface area (Å²) < 4.78 is 6.49. The van der Waals surface area contributed by atoms with Crippen molar-refractivity contribution in [2.24, 2.45) is 0 Å². The van der Waals surface area contributed by atoms with Crippen LogP contribution in [0.5, 0.6) is 5.75 Å². The number of carbonyl (C=O) groups is 1. The molecule has 2 aromatic carbocycles. The molecular formula is C18H15ClN2O2S2. The highest BCUT2D eigenvalue weighted by atomic mass is 35.5. The lowest BCUT2D eigenvalue weighted by molar-refractivity contribution is 0.0982. The first-order valence-corrected chi connectivity index (χ1v) is 9.21. The van der Waals surface area contributed by atoms with Gasteiger partial charge >= 0.3 is 0 Å². The average molecular weight is 391 g/mol. The summed E-state index contributed by atoms with van der Waals surface area (Å²) in [5.41, 5.74) is 0.692. The fraction of sp³-hybridized carbons (Fsp3) is 0.111. The van der Waals surface area contributed by atoms with Gasteiger partial charge in [0.25, 0.3) is 5.91 Å². The van der Waals surface area contributed by atoms with Crippen LogP contribution in [0.4, 0.5) is 5.69 Å². The molecule has 1 amide bonds. The molecule has 2 N–H and O–H groups in total. The van der Waals surface area contributed by atoms with Crippen molar-refractivity contribution in [3.63, 3.8) is 0 Å². The average Bonchev–Trinajstić information content (AvgIpc) is 2.94. The summed E-state index contributed by atoms with van der Waals surface area (Å²) in [4.78, 5) is 12.9. The van der Waals surface area contributed by atoms with Crippen molar-refractivity contribution in [1.82, 2.24) is 5.32 Å². The number of amides is 1. The second-order valence-corrected chi connectivity index (χ2v) is 6.92. The van der Waals surface area contributed by atoms with Crippen LogP contribution in [-0.4, -0.2) is 17.6 Å². The van der Waals surface area contributed by atoms with E-state index in [4.69, 9.17) is 28.6 Å². The lowest BCUT2D eigenvalue weighted by Crippen LogP contribution is -2.33. The number of hydrogen-bond donors (Lipinski definition) is 2. The minimum Gasteiger partial charge on any atom is -0.492 e. The lowest BCUT2D eigenvalue weighted by atomic mass is 10.2. The van der Waals surface area contributed by atoms with E-state index < -0.39 is 0 Å².